The number of rotatable bonds is 9. The lowest BCUT2D eigenvalue weighted by Gasteiger charge is -2.22. The number of para-hydroxylation sites is 1. The van der Waals surface area contributed by atoms with Gasteiger partial charge in [-0.25, -0.2) is 4.98 Å². The quantitative estimate of drug-likeness (QED) is 0.190. The summed E-state index contributed by atoms with van der Waals surface area (Å²) in [6.07, 6.45) is 6.88. The standard InChI is InChI=1S/C32H32BrClN4O4/c1-3-41-28-16-21(15-25(34)30(28)42-19-29(39)36-26-12-8-7-9-20(26)2)18-35-38-31(22-10-5-4-6-11-22)37-27-14-13-23(33)17-24(27)32(38)40/h7-9,12-18,22H,3-6,10-11,19H2,1-2H3,(H,36,39). The van der Waals surface area contributed by atoms with Crippen LogP contribution in [0.2, 0.25) is 5.02 Å². The third-order valence-corrected chi connectivity index (χ3v) is 8.00. The van der Waals surface area contributed by atoms with Crippen LogP contribution in [-0.2, 0) is 4.79 Å². The maximum absolute atomic E-state index is 13.6. The molecule has 1 saturated carbocycles. The molecule has 1 amide bonds. The van der Waals surface area contributed by atoms with Gasteiger partial charge in [0.2, 0.25) is 0 Å². The maximum Gasteiger partial charge on any atom is 0.282 e. The number of halogens is 2. The number of nitrogens with zero attached hydrogens (tertiary/aromatic N) is 3. The Morgan fingerprint density at radius 2 is 1.93 bits per heavy atom. The Kier molecular flexibility index (Phi) is 9.59. The Labute approximate surface area is 257 Å². The fourth-order valence-electron chi connectivity index (χ4n) is 5.13. The summed E-state index contributed by atoms with van der Waals surface area (Å²) < 4.78 is 13.8. The lowest BCUT2D eigenvalue weighted by molar-refractivity contribution is -0.118. The van der Waals surface area contributed by atoms with Gasteiger partial charge in [-0.05, 0) is 74.2 Å². The Morgan fingerprint density at radius 1 is 1.14 bits per heavy atom. The molecule has 10 heteroatoms. The summed E-state index contributed by atoms with van der Waals surface area (Å²) in [6.45, 7) is 3.87. The number of nitrogens with one attached hydrogen (secondary N) is 1. The number of aryl methyl sites for hydroxylation is 1. The van der Waals surface area contributed by atoms with Gasteiger partial charge >= 0.3 is 0 Å². The average Bonchev–Trinajstić information content (AvgIpc) is 2.98. The minimum atomic E-state index is -0.321. The van der Waals surface area contributed by atoms with E-state index in [1.54, 1.807) is 24.4 Å². The number of anilines is 1. The minimum Gasteiger partial charge on any atom is -0.490 e. The summed E-state index contributed by atoms with van der Waals surface area (Å²) in [5, 5.41) is 8.20. The second-order valence-electron chi connectivity index (χ2n) is 10.2. The second kappa shape index (κ2) is 13.5. The van der Waals surface area contributed by atoms with E-state index in [0.717, 1.165) is 35.7 Å². The molecule has 1 aromatic heterocycles. The number of benzene rings is 3. The van der Waals surface area contributed by atoms with Gasteiger partial charge in [-0.1, -0.05) is 65.0 Å². The van der Waals surface area contributed by atoms with Crippen molar-refractivity contribution >= 4 is 56.2 Å². The first kappa shape index (κ1) is 29.8. The van der Waals surface area contributed by atoms with E-state index in [-0.39, 0.29) is 34.8 Å². The molecule has 0 bridgehead atoms. The number of amides is 1. The van der Waals surface area contributed by atoms with Gasteiger partial charge in [-0.15, -0.1) is 0 Å². The summed E-state index contributed by atoms with van der Waals surface area (Å²) >= 11 is 10.1. The monoisotopic (exact) mass is 650 g/mol. The van der Waals surface area contributed by atoms with Crippen LogP contribution in [0.1, 0.15) is 61.9 Å². The summed E-state index contributed by atoms with van der Waals surface area (Å²) in [6, 6.07) is 16.4. The Morgan fingerprint density at radius 3 is 2.69 bits per heavy atom. The number of aromatic nitrogens is 2. The molecule has 1 fully saturated rings. The summed E-state index contributed by atoms with van der Waals surface area (Å²) in [7, 11) is 0. The van der Waals surface area contributed by atoms with Gasteiger partial charge in [0.1, 0.15) is 5.82 Å². The third kappa shape index (κ3) is 6.85. The van der Waals surface area contributed by atoms with Gasteiger partial charge in [-0.3, -0.25) is 9.59 Å². The van der Waals surface area contributed by atoms with Crippen molar-refractivity contribution in [2.24, 2.45) is 5.10 Å². The van der Waals surface area contributed by atoms with Crippen molar-refractivity contribution in [2.45, 2.75) is 51.9 Å². The predicted octanol–water partition coefficient (Wildman–Crippen LogP) is 7.47. The zero-order chi connectivity index (χ0) is 29.6. The highest BCUT2D eigenvalue weighted by Crippen LogP contribution is 2.37. The second-order valence-corrected chi connectivity index (χ2v) is 11.6. The van der Waals surface area contributed by atoms with Crippen molar-refractivity contribution < 1.29 is 14.3 Å². The number of carbonyl (C=O) groups excluding carboxylic acids is 1. The van der Waals surface area contributed by atoms with Crippen LogP contribution in [0.15, 0.2) is 69.0 Å². The predicted molar refractivity (Wildman–Crippen MR) is 170 cm³/mol. The van der Waals surface area contributed by atoms with Crippen LogP contribution < -0.4 is 20.3 Å². The highest BCUT2D eigenvalue weighted by atomic mass is 79.9. The number of carbonyl (C=O) groups is 1. The van der Waals surface area contributed by atoms with Crippen molar-refractivity contribution in [3.63, 3.8) is 0 Å². The first-order valence-corrected chi connectivity index (χ1v) is 15.2. The van der Waals surface area contributed by atoms with E-state index in [2.05, 4.69) is 26.3 Å². The zero-order valence-corrected chi connectivity index (χ0v) is 25.9. The van der Waals surface area contributed by atoms with Crippen LogP contribution >= 0.6 is 27.5 Å². The normalized spacial score (nSPS) is 13.9. The summed E-state index contributed by atoms with van der Waals surface area (Å²) in [5.41, 5.74) is 2.70. The van der Waals surface area contributed by atoms with Crippen molar-refractivity contribution in [3.05, 3.63) is 91.4 Å². The SMILES string of the molecule is CCOc1cc(C=Nn2c(C3CCCCC3)nc3ccc(Br)cc3c2=O)cc(Cl)c1OCC(=O)Nc1ccccc1C. The van der Waals surface area contributed by atoms with E-state index in [0.29, 0.717) is 40.3 Å². The molecular formula is C32H32BrClN4O4. The fourth-order valence-corrected chi connectivity index (χ4v) is 5.76. The van der Waals surface area contributed by atoms with Crippen molar-refractivity contribution in [1.29, 1.82) is 0 Å². The van der Waals surface area contributed by atoms with Gasteiger partial charge in [0.05, 0.1) is 28.7 Å². The molecule has 5 rings (SSSR count). The van der Waals surface area contributed by atoms with Gasteiger partial charge in [-0.2, -0.15) is 9.78 Å². The van der Waals surface area contributed by atoms with Crippen molar-refractivity contribution in [1.82, 2.24) is 9.66 Å². The van der Waals surface area contributed by atoms with Crippen LogP contribution in [0, 0.1) is 6.92 Å². The lowest BCUT2D eigenvalue weighted by atomic mass is 9.88. The fraction of sp³-hybridized carbons (Fsp3) is 0.312. The summed E-state index contributed by atoms with van der Waals surface area (Å²) in [4.78, 5) is 31.1. The molecule has 1 aliphatic carbocycles. The molecule has 0 unspecified atom stereocenters. The van der Waals surface area contributed by atoms with E-state index in [1.807, 2.05) is 50.2 Å². The minimum absolute atomic E-state index is 0.154. The van der Waals surface area contributed by atoms with Gasteiger partial charge in [0, 0.05) is 16.1 Å². The van der Waals surface area contributed by atoms with Crippen LogP contribution in [0.4, 0.5) is 5.69 Å². The van der Waals surface area contributed by atoms with E-state index in [1.165, 1.54) is 11.1 Å². The first-order valence-electron chi connectivity index (χ1n) is 14.0. The molecule has 4 aromatic rings. The molecular weight excluding hydrogens is 620 g/mol. The van der Waals surface area contributed by atoms with E-state index in [4.69, 9.17) is 26.1 Å². The molecule has 1 aliphatic rings. The molecule has 1 N–H and O–H groups in total. The highest BCUT2D eigenvalue weighted by molar-refractivity contribution is 9.10. The van der Waals surface area contributed by atoms with Crippen LogP contribution in [0.25, 0.3) is 10.9 Å². The average molecular weight is 652 g/mol. The highest BCUT2D eigenvalue weighted by Gasteiger charge is 2.23. The molecule has 3 aromatic carbocycles. The van der Waals surface area contributed by atoms with Gasteiger partial charge < -0.3 is 14.8 Å². The van der Waals surface area contributed by atoms with Crippen molar-refractivity contribution in [3.8, 4) is 11.5 Å². The van der Waals surface area contributed by atoms with Gasteiger partial charge in [0.25, 0.3) is 11.5 Å². The molecule has 0 aliphatic heterocycles. The third-order valence-electron chi connectivity index (χ3n) is 7.22. The Hall–Kier alpha value is -3.69. The Balaban J connectivity index is 1.44. The van der Waals surface area contributed by atoms with Gasteiger partial charge in [0.15, 0.2) is 18.1 Å². The van der Waals surface area contributed by atoms with Crippen LogP contribution in [0.3, 0.4) is 0 Å². The number of fused-ring (bicyclic) bond motifs is 1. The van der Waals surface area contributed by atoms with Crippen LogP contribution in [-0.4, -0.2) is 35.0 Å². The molecule has 1 heterocycles. The maximum atomic E-state index is 13.6. The first-order chi connectivity index (χ1) is 20.3. The molecule has 0 spiro atoms. The Bertz CT molecular complexity index is 1700. The smallest absolute Gasteiger partial charge is 0.282 e. The van der Waals surface area contributed by atoms with Crippen molar-refractivity contribution in [2.75, 3.05) is 18.5 Å². The summed E-state index contributed by atoms with van der Waals surface area (Å²) in [5.74, 6) is 1.13. The topological polar surface area (TPSA) is 94.8 Å². The van der Waals surface area contributed by atoms with E-state index < -0.39 is 0 Å². The lowest BCUT2D eigenvalue weighted by Crippen LogP contribution is -2.25. The molecule has 0 saturated heterocycles. The zero-order valence-electron chi connectivity index (χ0n) is 23.5. The molecule has 8 nitrogen and oxygen atoms in total. The van der Waals surface area contributed by atoms with E-state index >= 15 is 0 Å². The molecule has 0 atom stereocenters. The molecule has 0 radical (unpaired) electrons. The number of hydrogen-bond acceptors (Lipinski definition) is 6. The number of ether oxygens (including phenoxy) is 2. The van der Waals surface area contributed by atoms with E-state index in [9.17, 15) is 9.59 Å². The largest absolute Gasteiger partial charge is 0.490 e. The van der Waals surface area contributed by atoms with Crippen LogP contribution in [0.5, 0.6) is 11.5 Å². The molecule has 218 valence electrons. The molecule has 42 heavy (non-hydrogen) atoms. The number of hydrogen-bond donors (Lipinski definition) is 1.